The summed E-state index contributed by atoms with van der Waals surface area (Å²) in [5, 5.41) is 6.36. The van der Waals surface area contributed by atoms with Gasteiger partial charge in [0, 0.05) is 5.39 Å². The van der Waals surface area contributed by atoms with Crippen LogP contribution in [0, 0.1) is 0 Å². The van der Waals surface area contributed by atoms with Gasteiger partial charge in [0.25, 0.3) is 5.91 Å². The molecule has 3 rings (SSSR count). The van der Waals surface area contributed by atoms with Gasteiger partial charge in [-0.15, -0.1) is 0 Å². The van der Waals surface area contributed by atoms with Crippen molar-refractivity contribution < 1.29 is 9.53 Å². The second-order valence-electron chi connectivity index (χ2n) is 5.98. The van der Waals surface area contributed by atoms with Gasteiger partial charge < -0.3 is 4.74 Å². The van der Waals surface area contributed by atoms with E-state index in [1.54, 1.807) is 0 Å². The topological polar surface area (TPSA) is 50.7 Å². The lowest BCUT2D eigenvalue weighted by Gasteiger charge is -2.09. The van der Waals surface area contributed by atoms with Gasteiger partial charge in [-0.3, -0.25) is 4.79 Å². The second-order valence-corrected chi connectivity index (χ2v) is 5.98. The maximum atomic E-state index is 12.1. The zero-order valence-electron chi connectivity index (χ0n) is 14.8. The van der Waals surface area contributed by atoms with E-state index >= 15 is 0 Å². The summed E-state index contributed by atoms with van der Waals surface area (Å²) >= 11 is 0. The quantitative estimate of drug-likeness (QED) is 0.504. The van der Waals surface area contributed by atoms with Crippen molar-refractivity contribution in [1.82, 2.24) is 5.43 Å². The summed E-state index contributed by atoms with van der Waals surface area (Å²) in [6, 6.07) is 23.6. The van der Waals surface area contributed by atoms with Gasteiger partial charge in [-0.1, -0.05) is 80.1 Å². The molecule has 26 heavy (non-hydrogen) atoms. The number of fused-ring (bicyclic) bond motifs is 1. The molecular weight excluding hydrogens is 324 g/mol. The van der Waals surface area contributed by atoms with E-state index in [1.165, 1.54) is 0 Å². The number of rotatable bonds is 7. The van der Waals surface area contributed by atoms with Gasteiger partial charge in [0.2, 0.25) is 0 Å². The number of hydrogen-bond donors (Lipinski definition) is 1. The van der Waals surface area contributed by atoms with Crippen LogP contribution in [0.4, 0.5) is 0 Å². The molecule has 0 fully saturated rings. The van der Waals surface area contributed by atoms with Crippen LogP contribution >= 0.6 is 0 Å². The molecular formula is C22H22N2O2. The van der Waals surface area contributed by atoms with Gasteiger partial charge >= 0.3 is 0 Å². The lowest BCUT2D eigenvalue weighted by Crippen LogP contribution is -2.26. The number of benzene rings is 3. The molecule has 4 heteroatoms. The Hall–Kier alpha value is -3.14. The van der Waals surface area contributed by atoms with E-state index in [0.717, 1.165) is 34.9 Å². The summed E-state index contributed by atoms with van der Waals surface area (Å²) in [6.07, 6.45) is 1.75. The first-order valence-electron chi connectivity index (χ1n) is 8.79. The van der Waals surface area contributed by atoms with Crippen LogP contribution in [0.2, 0.25) is 0 Å². The highest BCUT2D eigenvalue weighted by atomic mass is 16.5. The van der Waals surface area contributed by atoms with Crippen LogP contribution in [0.1, 0.15) is 25.3 Å². The zero-order chi connectivity index (χ0) is 18.2. The summed E-state index contributed by atoms with van der Waals surface area (Å²) in [7, 11) is 0. The molecule has 0 unspecified atom stereocenters. The first-order valence-corrected chi connectivity index (χ1v) is 8.79. The minimum Gasteiger partial charge on any atom is -0.483 e. The minimum absolute atomic E-state index is 0.0777. The smallest absolute Gasteiger partial charge is 0.277 e. The van der Waals surface area contributed by atoms with E-state index < -0.39 is 0 Å². The fourth-order valence-electron chi connectivity index (χ4n) is 2.76. The van der Waals surface area contributed by atoms with Crippen molar-refractivity contribution in [1.29, 1.82) is 0 Å². The lowest BCUT2D eigenvalue weighted by molar-refractivity contribution is -0.123. The Morgan fingerprint density at radius 3 is 2.50 bits per heavy atom. The number of nitrogens with one attached hydrogen (secondary N) is 1. The summed E-state index contributed by atoms with van der Waals surface area (Å²) in [5.41, 5.74) is 4.49. The molecule has 0 spiro atoms. The third-order valence-electron chi connectivity index (χ3n) is 4.02. The molecule has 1 N–H and O–H groups in total. The summed E-state index contributed by atoms with van der Waals surface area (Å²) < 4.78 is 5.70. The molecule has 0 saturated heterocycles. The average molecular weight is 346 g/mol. The predicted molar refractivity (Wildman–Crippen MR) is 105 cm³/mol. The number of carbonyl (C=O) groups is 1. The standard InChI is InChI=1S/C22H22N2O2/c1-2-9-20(18-11-4-3-5-12-18)23-24-22(25)16-26-21-15-8-13-17-10-6-7-14-19(17)21/h3-8,10-15H,2,9,16H2,1H3,(H,24,25). The number of ether oxygens (including phenoxy) is 1. The third-order valence-corrected chi connectivity index (χ3v) is 4.02. The second kappa shape index (κ2) is 8.81. The summed E-state index contributed by atoms with van der Waals surface area (Å²) in [4.78, 5) is 12.1. The molecule has 0 bridgehead atoms. The zero-order valence-corrected chi connectivity index (χ0v) is 14.8. The Kier molecular flexibility index (Phi) is 5.99. The van der Waals surface area contributed by atoms with E-state index in [1.807, 2.05) is 72.8 Å². The SMILES string of the molecule is CCCC(=NNC(=O)COc1cccc2ccccc12)c1ccccc1. The highest BCUT2D eigenvalue weighted by Crippen LogP contribution is 2.24. The van der Waals surface area contributed by atoms with Crippen molar-refractivity contribution in [3.63, 3.8) is 0 Å². The van der Waals surface area contributed by atoms with E-state index in [-0.39, 0.29) is 12.5 Å². The molecule has 0 aliphatic carbocycles. The van der Waals surface area contributed by atoms with E-state index in [9.17, 15) is 4.79 Å². The Bertz CT molecular complexity index is 899. The molecule has 4 nitrogen and oxygen atoms in total. The molecule has 0 saturated carbocycles. The molecule has 0 heterocycles. The number of amides is 1. The van der Waals surface area contributed by atoms with Crippen molar-refractivity contribution in [2.24, 2.45) is 5.10 Å². The normalized spacial score (nSPS) is 11.3. The van der Waals surface area contributed by atoms with Gasteiger partial charge in [-0.05, 0) is 23.4 Å². The van der Waals surface area contributed by atoms with Gasteiger partial charge in [-0.25, -0.2) is 5.43 Å². The Morgan fingerprint density at radius 2 is 1.69 bits per heavy atom. The molecule has 3 aromatic rings. The van der Waals surface area contributed by atoms with Crippen LogP contribution in [0.5, 0.6) is 5.75 Å². The maximum Gasteiger partial charge on any atom is 0.277 e. The van der Waals surface area contributed by atoms with Crippen LogP contribution in [0.3, 0.4) is 0 Å². The monoisotopic (exact) mass is 346 g/mol. The van der Waals surface area contributed by atoms with Crippen molar-refractivity contribution in [2.45, 2.75) is 19.8 Å². The van der Waals surface area contributed by atoms with Crippen LogP contribution in [0.15, 0.2) is 77.9 Å². The molecule has 0 radical (unpaired) electrons. The Balaban J connectivity index is 1.64. The molecule has 1 amide bonds. The van der Waals surface area contributed by atoms with E-state index in [2.05, 4.69) is 17.5 Å². The first-order chi connectivity index (χ1) is 12.8. The van der Waals surface area contributed by atoms with Crippen LogP contribution < -0.4 is 10.2 Å². The van der Waals surface area contributed by atoms with Crippen molar-refractivity contribution in [3.8, 4) is 5.75 Å². The van der Waals surface area contributed by atoms with E-state index in [4.69, 9.17) is 4.74 Å². The summed E-state index contributed by atoms with van der Waals surface area (Å²) in [5.74, 6) is 0.418. The average Bonchev–Trinajstić information content (AvgIpc) is 2.70. The Labute approximate surface area is 153 Å². The number of hydrazone groups is 1. The minimum atomic E-state index is -0.275. The maximum absolute atomic E-state index is 12.1. The fraction of sp³-hybridized carbons (Fsp3) is 0.182. The van der Waals surface area contributed by atoms with Gasteiger partial charge in [0.15, 0.2) is 6.61 Å². The molecule has 132 valence electrons. The highest BCUT2D eigenvalue weighted by Gasteiger charge is 2.07. The van der Waals surface area contributed by atoms with Gasteiger partial charge in [-0.2, -0.15) is 5.10 Å². The fourth-order valence-corrected chi connectivity index (χ4v) is 2.76. The van der Waals surface area contributed by atoms with Crippen LogP contribution in [0.25, 0.3) is 10.8 Å². The van der Waals surface area contributed by atoms with Gasteiger partial charge in [0.1, 0.15) is 5.75 Å². The molecule has 3 aromatic carbocycles. The van der Waals surface area contributed by atoms with Crippen molar-refractivity contribution >= 4 is 22.4 Å². The van der Waals surface area contributed by atoms with Gasteiger partial charge in [0.05, 0.1) is 5.71 Å². The number of nitrogens with zero attached hydrogens (tertiary/aromatic N) is 1. The lowest BCUT2D eigenvalue weighted by atomic mass is 10.1. The molecule has 0 aliphatic rings. The predicted octanol–water partition coefficient (Wildman–Crippen LogP) is 4.54. The largest absolute Gasteiger partial charge is 0.483 e. The summed E-state index contributed by atoms with van der Waals surface area (Å²) in [6.45, 7) is 2.01. The number of hydrogen-bond acceptors (Lipinski definition) is 3. The molecule has 0 aliphatic heterocycles. The van der Waals surface area contributed by atoms with E-state index in [0.29, 0.717) is 5.75 Å². The molecule has 0 aromatic heterocycles. The van der Waals surface area contributed by atoms with Crippen molar-refractivity contribution in [3.05, 3.63) is 78.4 Å². The third kappa shape index (κ3) is 4.48. The number of carbonyl (C=O) groups excluding carboxylic acids is 1. The van der Waals surface area contributed by atoms with Crippen LogP contribution in [-0.2, 0) is 4.79 Å². The van der Waals surface area contributed by atoms with Crippen LogP contribution in [-0.4, -0.2) is 18.2 Å². The highest BCUT2D eigenvalue weighted by molar-refractivity contribution is 6.01. The molecule has 0 atom stereocenters. The van der Waals surface area contributed by atoms with Crippen molar-refractivity contribution in [2.75, 3.05) is 6.61 Å². The first kappa shape index (κ1) is 17.7. The Morgan fingerprint density at radius 1 is 0.962 bits per heavy atom.